The van der Waals surface area contributed by atoms with Crippen molar-refractivity contribution in [2.75, 3.05) is 11.9 Å². The minimum Gasteiger partial charge on any atom is -0.462 e. The third kappa shape index (κ3) is 4.33. The fourth-order valence-corrected chi connectivity index (χ4v) is 1.70. The Kier molecular flexibility index (Phi) is 6.63. The van der Waals surface area contributed by atoms with Crippen molar-refractivity contribution >= 4 is 17.6 Å². The Bertz CT molecular complexity index is 714. The molecule has 0 aliphatic carbocycles. The summed E-state index contributed by atoms with van der Waals surface area (Å²) in [5.41, 5.74) is -0.782. The maximum atomic E-state index is 13.4. The second kappa shape index (κ2) is 7.87. The fraction of sp³-hybridized carbons (Fsp3) is 0.467. The van der Waals surface area contributed by atoms with Crippen molar-refractivity contribution in [3.8, 4) is 0 Å². The SMILES string of the molecule is CCCOC(=O)c1ccc(NC(=O)C(F)(F)C(F)(F)C(F)(F)C(F)(F)F)cc1. The quantitative estimate of drug-likeness (QED) is 0.511. The molecule has 1 amide bonds. The molecule has 158 valence electrons. The smallest absolute Gasteiger partial charge is 0.460 e. The summed E-state index contributed by atoms with van der Waals surface area (Å²) in [7, 11) is 0. The zero-order valence-electron chi connectivity index (χ0n) is 13.9. The van der Waals surface area contributed by atoms with Gasteiger partial charge in [0.25, 0.3) is 0 Å². The van der Waals surface area contributed by atoms with Gasteiger partial charge in [-0.2, -0.15) is 39.5 Å². The van der Waals surface area contributed by atoms with Crippen LogP contribution in [-0.4, -0.2) is 42.4 Å². The molecule has 0 saturated carbocycles. The minimum atomic E-state index is -7.17. The Labute approximate surface area is 151 Å². The molecule has 0 unspecified atom stereocenters. The van der Waals surface area contributed by atoms with Gasteiger partial charge in [-0.25, -0.2) is 4.79 Å². The van der Waals surface area contributed by atoms with Gasteiger partial charge in [-0.05, 0) is 30.7 Å². The Morgan fingerprint density at radius 2 is 1.39 bits per heavy atom. The number of carbonyl (C=O) groups excluding carboxylic acids is 2. The van der Waals surface area contributed by atoms with Gasteiger partial charge >= 0.3 is 35.8 Å². The molecule has 0 fully saturated rings. The lowest BCUT2D eigenvalue weighted by molar-refractivity contribution is -0.388. The molecule has 0 atom stereocenters. The molecule has 1 aromatic rings. The number of carbonyl (C=O) groups is 2. The summed E-state index contributed by atoms with van der Waals surface area (Å²) in [6.45, 7) is 1.76. The zero-order chi connectivity index (χ0) is 22.0. The molecule has 1 rings (SSSR count). The molecule has 0 saturated heterocycles. The summed E-state index contributed by atoms with van der Waals surface area (Å²) in [5, 5.41) is 1.10. The highest BCUT2D eigenvalue weighted by Crippen LogP contribution is 2.53. The first-order valence-corrected chi connectivity index (χ1v) is 7.38. The van der Waals surface area contributed by atoms with E-state index in [2.05, 4.69) is 0 Å². The number of hydrogen-bond acceptors (Lipinski definition) is 3. The van der Waals surface area contributed by atoms with Crippen molar-refractivity contribution in [1.82, 2.24) is 0 Å². The number of ether oxygens (including phenoxy) is 1. The van der Waals surface area contributed by atoms with Crippen LogP contribution in [0.2, 0.25) is 0 Å². The second-order valence-corrected chi connectivity index (χ2v) is 5.39. The third-order valence-corrected chi connectivity index (χ3v) is 3.25. The predicted molar refractivity (Wildman–Crippen MR) is 76.5 cm³/mol. The highest BCUT2D eigenvalue weighted by Gasteiger charge is 2.83. The van der Waals surface area contributed by atoms with Gasteiger partial charge in [-0.1, -0.05) is 6.92 Å². The summed E-state index contributed by atoms with van der Waals surface area (Å²) < 4.78 is 120. The number of hydrogen-bond donors (Lipinski definition) is 1. The summed E-state index contributed by atoms with van der Waals surface area (Å²) in [5.74, 6) is -24.6. The van der Waals surface area contributed by atoms with E-state index in [0.717, 1.165) is 29.6 Å². The van der Waals surface area contributed by atoms with Crippen molar-refractivity contribution in [3.63, 3.8) is 0 Å². The summed E-state index contributed by atoms with van der Waals surface area (Å²) in [6, 6.07) is 3.37. The molecule has 1 aromatic carbocycles. The molecular formula is C15H12F9NO3. The molecule has 28 heavy (non-hydrogen) atoms. The van der Waals surface area contributed by atoms with Gasteiger partial charge in [0.15, 0.2) is 0 Å². The van der Waals surface area contributed by atoms with Gasteiger partial charge in [0.05, 0.1) is 12.2 Å². The van der Waals surface area contributed by atoms with Crippen LogP contribution < -0.4 is 5.32 Å². The van der Waals surface area contributed by atoms with Crippen molar-refractivity contribution < 1.29 is 53.8 Å². The number of amides is 1. The number of esters is 1. The lowest BCUT2D eigenvalue weighted by Gasteiger charge is -2.32. The number of rotatable bonds is 7. The first-order chi connectivity index (χ1) is 12.6. The molecular weight excluding hydrogens is 413 g/mol. The monoisotopic (exact) mass is 425 g/mol. The van der Waals surface area contributed by atoms with Crippen LogP contribution in [-0.2, 0) is 9.53 Å². The molecule has 1 N–H and O–H groups in total. The maximum Gasteiger partial charge on any atom is 0.460 e. The first-order valence-electron chi connectivity index (χ1n) is 7.38. The molecule has 13 heteroatoms. The van der Waals surface area contributed by atoms with E-state index < -0.39 is 41.5 Å². The summed E-state index contributed by atoms with van der Waals surface area (Å²) >= 11 is 0. The van der Waals surface area contributed by atoms with Crippen LogP contribution in [0.25, 0.3) is 0 Å². The van der Waals surface area contributed by atoms with Crippen molar-refractivity contribution in [3.05, 3.63) is 29.8 Å². The minimum absolute atomic E-state index is 0.0616. The number of anilines is 1. The van der Waals surface area contributed by atoms with Crippen molar-refractivity contribution in [2.45, 2.75) is 37.3 Å². The van der Waals surface area contributed by atoms with Gasteiger partial charge in [-0.3, -0.25) is 4.79 Å². The molecule has 0 radical (unpaired) electrons. The Morgan fingerprint density at radius 3 is 1.82 bits per heavy atom. The molecule has 0 aliphatic heterocycles. The van der Waals surface area contributed by atoms with Gasteiger partial charge in [-0.15, -0.1) is 0 Å². The maximum absolute atomic E-state index is 13.4. The summed E-state index contributed by atoms with van der Waals surface area (Å²) in [4.78, 5) is 22.8. The van der Waals surface area contributed by atoms with Gasteiger partial charge in [0.1, 0.15) is 0 Å². The number of halogens is 9. The molecule has 0 bridgehead atoms. The van der Waals surface area contributed by atoms with Crippen LogP contribution in [0.5, 0.6) is 0 Å². The molecule has 0 heterocycles. The van der Waals surface area contributed by atoms with Crippen LogP contribution in [0.4, 0.5) is 45.2 Å². The van der Waals surface area contributed by atoms with Gasteiger partial charge in [0, 0.05) is 5.69 Å². The highest BCUT2D eigenvalue weighted by molar-refractivity contribution is 5.97. The van der Waals surface area contributed by atoms with E-state index in [4.69, 9.17) is 4.74 Å². The Balaban J connectivity index is 3.01. The number of alkyl halides is 9. The lowest BCUT2D eigenvalue weighted by Crippen LogP contribution is -2.64. The van der Waals surface area contributed by atoms with E-state index in [9.17, 15) is 49.1 Å². The second-order valence-electron chi connectivity index (χ2n) is 5.39. The van der Waals surface area contributed by atoms with E-state index in [1.807, 2.05) is 0 Å². The van der Waals surface area contributed by atoms with Crippen LogP contribution >= 0.6 is 0 Å². The van der Waals surface area contributed by atoms with Gasteiger partial charge in [0.2, 0.25) is 0 Å². The van der Waals surface area contributed by atoms with E-state index in [0.29, 0.717) is 6.42 Å². The first kappa shape index (κ1) is 23.6. The van der Waals surface area contributed by atoms with Crippen LogP contribution in [0.15, 0.2) is 24.3 Å². The number of benzene rings is 1. The van der Waals surface area contributed by atoms with E-state index >= 15 is 0 Å². The molecule has 0 aromatic heterocycles. The van der Waals surface area contributed by atoms with E-state index in [-0.39, 0.29) is 12.2 Å². The van der Waals surface area contributed by atoms with Crippen LogP contribution in [0.1, 0.15) is 23.7 Å². The normalized spacial score (nSPS) is 13.2. The average molecular weight is 425 g/mol. The standard InChI is InChI=1S/C15H12F9NO3/c1-2-7-28-10(26)8-3-5-9(6-4-8)25-11(27)12(16,17)13(18,19)14(20,21)15(22,23)24/h3-6H,2,7H2,1H3,(H,25,27). The lowest BCUT2D eigenvalue weighted by atomic mass is 10.0. The van der Waals surface area contributed by atoms with E-state index in [1.54, 1.807) is 6.92 Å². The summed E-state index contributed by atoms with van der Waals surface area (Å²) in [6.07, 6.45) is -6.54. The number of nitrogens with one attached hydrogen (secondary N) is 1. The molecule has 0 aliphatic rings. The topological polar surface area (TPSA) is 55.4 Å². The van der Waals surface area contributed by atoms with Crippen LogP contribution in [0, 0.1) is 0 Å². The third-order valence-electron chi connectivity index (χ3n) is 3.25. The van der Waals surface area contributed by atoms with Crippen molar-refractivity contribution in [2.24, 2.45) is 0 Å². The largest absolute Gasteiger partial charge is 0.462 e. The van der Waals surface area contributed by atoms with Crippen LogP contribution in [0.3, 0.4) is 0 Å². The van der Waals surface area contributed by atoms with E-state index in [1.165, 1.54) is 0 Å². The molecule has 0 spiro atoms. The zero-order valence-corrected chi connectivity index (χ0v) is 13.9. The predicted octanol–water partition coefficient (Wildman–Crippen LogP) is 4.66. The van der Waals surface area contributed by atoms with Gasteiger partial charge < -0.3 is 10.1 Å². The Hall–Kier alpha value is -2.47. The molecule has 4 nitrogen and oxygen atoms in total. The Morgan fingerprint density at radius 1 is 0.893 bits per heavy atom. The average Bonchev–Trinajstić information content (AvgIpc) is 2.58. The highest BCUT2D eigenvalue weighted by atomic mass is 19.4. The van der Waals surface area contributed by atoms with Crippen molar-refractivity contribution in [1.29, 1.82) is 0 Å². The fourth-order valence-electron chi connectivity index (χ4n) is 1.70.